The fourth-order valence-corrected chi connectivity index (χ4v) is 1.17. The molecule has 0 radical (unpaired) electrons. The van der Waals surface area contributed by atoms with E-state index in [4.69, 9.17) is 5.26 Å². The summed E-state index contributed by atoms with van der Waals surface area (Å²) in [7, 11) is 0. The van der Waals surface area contributed by atoms with E-state index in [2.05, 4.69) is 10.2 Å². The van der Waals surface area contributed by atoms with E-state index in [0.29, 0.717) is 0 Å². The number of hydrogen-bond acceptors (Lipinski definition) is 3. The third-order valence-corrected chi connectivity index (χ3v) is 1.84. The number of hydrogen-bond donors (Lipinski definition) is 0. The minimum Gasteiger partial charge on any atom is -0.287 e. The highest BCUT2D eigenvalue weighted by Gasteiger charge is 2.31. The lowest BCUT2D eigenvalue weighted by molar-refractivity contribution is -0.137. The Kier molecular flexibility index (Phi) is 1.86. The van der Waals surface area contributed by atoms with Gasteiger partial charge in [0.2, 0.25) is 0 Å². The molecule has 4 nitrogen and oxygen atoms in total. The van der Waals surface area contributed by atoms with Crippen LogP contribution >= 0.6 is 0 Å². The Morgan fingerprint density at radius 3 is 2.73 bits per heavy atom. The molecule has 0 spiro atoms. The summed E-state index contributed by atoms with van der Waals surface area (Å²) < 4.78 is 38.2. The maximum Gasteiger partial charge on any atom is 0.417 e. The van der Waals surface area contributed by atoms with Gasteiger partial charge in [0.25, 0.3) is 0 Å². The highest BCUT2D eigenvalue weighted by atomic mass is 19.4. The molecule has 0 fully saturated rings. The van der Waals surface area contributed by atoms with E-state index in [1.165, 1.54) is 0 Å². The van der Waals surface area contributed by atoms with Gasteiger partial charge in [0, 0.05) is 6.20 Å². The van der Waals surface area contributed by atoms with Crippen LogP contribution in [-0.2, 0) is 6.18 Å². The van der Waals surface area contributed by atoms with Gasteiger partial charge in [0.1, 0.15) is 12.4 Å². The minimum atomic E-state index is -4.48. The fourth-order valence-electron chi connectivity index (χ4n) is 1.17. The predicted octanol–water partition coefficient (Wildman–Crippen LogP) is 1.62. The zero-order chi connectivity index (χ0) is 11.1. The van der Waals surface area contributed by atoms with Crippen LogP contribution in [0.2, 0.25) is 0 Å². The summed E-state index contributed by atoms with van der Waals surface area (Å²) in [4.78, 5) is 0. The summed E-state index contributed by atoms with van der Waals surface area (Å²) >= 11 is 0. The zero-order valence-corrected chi connectivity index (χ0v) is 7.15. The molecule has 0 amide bonds. The molecule has 0 N–H and O–H groups in total. The molecule has 2 rings (SSSR count). The molecule has 7 heteroatoms. The second-order valence-electron chi connectivity index (χ2n) is 2.81. The number of rotatable bonds is 0. The van der Waals surface area contributed by atoms with Crippen LogP contribution in [0.5, 0.6) is 0 Å². The van der Waals surface area contributed by atoms with Gasteiger partial charge >= 0.3 is 6.18 Å². The molecule has 0 saturated carbocycles. The van der Waals surface area contributed by atoms with Gasteiger partial charge < -0.3 is 0 Å². The van der Waals surface area contributed by atoms with Crippen LogP contribution in [-0.4, -0.2) is 14.6 Å². The Labute approximate surface area is 81.6 Å². The highest BCUT2D eigenvalue weighted by Crippen LogP contribution is 2.30. The molecule has 15 heavy (non-hydrogen) atoms. The molecule has 0 bridgehead atoms. The van der Waals surface area contributed by atoms with Gasteiger partial charge in [0.15, 0.2) is 5.65 Å². The Balaban J connectivity index is 2.76. The Morgan fingerprint density at radius 2 is 2.13 bits per heavy atom. The number of pyridine rings is 1. The molecule has 0 aliphatic heterocycles. The van der Waals surface area contributed by atoms with Crippen molar-refractivity contribution in [1.29, 1.82) is 5.26 Å². The van der Waals surface area contributed by atoms with Gasteiger partial charge in [-0.15, -0.1) is 10.2 Å². The van der Waals surface area contributed by atoms with Crippen LogP contribution in [0.4, 0.5) is 13.2 Å². The van der Waals surface area contributed by atoms with E-state index in [1.807, 2.05) is 0 Å². The first-order valence-corrected chi connectivity index (χ1v) is 3.83. The third-order valence-electron chi connectivity index (χ3n) is 1.84. The van der Waals surface area contributed by atoms with Gasteiger partial charge in [-0.1, -0.05) is 0 Å². The summed E-state index contributed by atoms with van der Waals surface area (Å²) in [6.07, 6.45) is -2.52. The van der Waals surface area contributed by atoms with Crippen molar-refractivity contribution in [2.75, 3.05) is 0 Å². The first-order valence-electron chi connectivity index (χ1n) is 3.83. The van der Waals surface area contributed by atoms with Crippen LogP contribution < -0.4 is 0 Å². The van der Waals surface area contributed by atoms with Crippen molar-refractivity contribution >= 4 is 5.65 Å². The summed E-state index contributed by atoms with van der Waals surface area (Å²) in [6.45, 7) is 0. The number of nitriles is 1. The maximum absolute atomic E-state index is 12.4. The smallest absolute Gasteiger partial charge is 0.287 e. The lowest BCUT2D eigenvalue weighted by Gasteiger charge is -2.06. The average molecular weight is 212 g/mol. The van der Waals surface area contributed by atoms with Crippen LogP contribution in [0.15, 0.2) is 18.6 Å². The first kappa shape index (κ1) is 9.45. The van der Waals surface area contributed by atoms with E-state index in [-0.39, 0.29) is 11.2 Å². The third kappa shape index (κ3) is 1.50. The van der Waals surface area contributed by atoms with E-state index in [0.717, 1.165) is 23.0 Å². The first-order chi connectivity index (χ1) is 7.02. The summed E-state index contributed by atoms with van der Waals surface area (Å²) in [5, 5.41) is 15.6. The molecule has 0 aliphatic carbocycles. The minimum absolute atomic E-state index is 0.116. The van der Waals surface area contributed by atoms with E-state index >= 15 is 0 Å². The van der Waals surface area contributed by atoms with Crippen LogP contribution in [0.25, 0.3) is 5.65 Å². The second-order valence-corrected chi connectivity index (χ2v) is 2.81. The van der Waals surface area contributed by atoms with Crippen LogP contribution in [0.1, 0.15) is 11.1 Å². The van der Waals surface area contributed by atoms with E-state index in [1.54, 1.807) is 6.07 Å². The largest absolute Gasteiger partial charge is 0.417 e. The van der Waals surface area contributed by atoms with Gasteiger partial charge in [-0.2, -0.15) is 18.4 Å². The van der Waals surface area contributed by atoms with Crippen molar-refractivity contribution in [3.05, 3.63) is 29.7 Å². The molecular weight excluding hydrogens is 209 g/mol. The number of nitrogens with zero attached hydrogens (tertiary/aromatic N) is 4. The number of fused-ring (bicyclic) bond motifs is 1. The normalized spacial score (nSPS) is 11.6. The van der Waals surface area contributed by atoms with Gasteiger partial charge in [-0.25, -0.2) is 0 Å². The summed E-state index contributed by atoms with van der Waals surface area (Å²) in [5.41, 5.74) is -0.931. The highest BCUT2D eigenvalue weighted by molar-refractivity contribution is 5.55. The standard InChI is InChI=1S/C8H3F3N4/c9-8(10,11)6-1-5(2-12)7-14-13-4-15(7)3-6/h1,3-4H. The monoisotopic (exact) mass is 212 g/mol. The van der Waals surface area contributed by atoms with Crippen molar-refractivity contribution in [2.24, 2.45) is 0 Å². The maximum atomic E-state index is 12.4. The van der Waals surface area contributed by atoms with Crippen molar-refractivity contribution in [2.45, 2.75) is 6.18 Å². The Bertz CT molecular complexity index is 549. The molecule has 76 valence electrons. The van der Waals surface area contributed by atoms with E-state index in [9.17, 15) is 13.2 Å². The molecule has 0 unspecified atom stereocenters. The number of halogens is 3. The van der Waals surface area contributed by atoms with Crippen molar-refractivity contribution in [3.63, 3.8) is 0 Å². The average Bonchev–Trinajstić information content (AvgIpc) is 2.62. The molecule has 2 aromatic rings. The molecule has 0 saturated heterocycles. The van der Waals surface area contributed by atoms with E-state index < -0.39 is 11.7 Å². The zero-order valence-electron chi connectivity index (χ0n) is 7.15. The van der Waals surface area contributed by atoms with Crippen LogP contribution in [0, 0.1) is 11.3 Å². The fraction of sp³-hybridized carbons (Fsp3) is 0.125. The number of alkyl halides is 3. The molecule has 0 atom stereocenters. The summed E-state index contributed by atoms with van der Waals surface area (Å²) in [6, 6.07) is 2.40. The molecule has 0 aliphatic rings. The summed E-state index contributed by atoms with van der Waals surface area (Å²) in [5.74, 6) is 0. The predicted molar refractivity (Wildman–Crippen MR) is 42.7 cm³/mol. The quantitative estimate of drug-likeness (QED) is 0.666. The SMILES string of the molecule is N#Cc1cc(C(F)(F)F)cn2cnnc12. The topological polar surface area (TPSA) is 54.0 Å². The van der Waals surface area contributed by atoms with Crippen molar-refractivity contribution in [3.8, 4) is 6.07 Å². The van der Waals surface area contributed by atoms with Gasteiger partial charge in [-0.3, -0.25) is 4.40 Å². The molecule has 0 aromatic carbocycles. The molecular formula is C8H3F3N4. The molecule has 2 aromatic heterocycles. The Morgan fingerprint density at radius 1 is 1.40 bits per heavy atom. The van der Waals surface area contributed by atoms with Crippen molar-refractivity contribution in [1.82, 2.24) is 14.6 Å². The van der Waals surface area contributed by atoms with Crippen LogP contribution in [0.3, 0.4) is 0 Å². The lowest BCUT2D eigenvalue weighted by Crippen LogP contribution is -2.07. The number of aromatic nitrogens is 3. The molecule has 2 heterocycles. The van der Waals surface area contributed by atoms with Gasteiger partial charge in [0.05, 0.1) is 11.1 Å². The second kappa shape index (κ2) is 2.95. The van der Waals surface area contributed by atoms with Crippen molar-refractivity contribution < 1.29 is 13.2 Å². The van der Waals surface area contributed by atoms with Gasteiger partial charge in [-0.05, 0) is 6.07 Å². The lowest BCUT2D eigenvalue weighted by atomic mass is 10.2. The Hall–Kier alpha value is -2.10.